The van der Waals surface area contributed by atoms with Crippen molar-refractivity contribution in [3.8, 4) is 0 Å². The molecule has 0 aromatic heterocycles. The van der Waals surface area contributed by atoms with E-state index in [1.807, 2.05) is 0 Å². The lowest BCUT2D eigenvalue weighted by Crippen LogP contribution is -1.82. The zero-order chi connectivity index (χ0) is 11.5. The molecule has 0 fully saturated rings. The predicted molar refractivity (Wildman–Crippen MR) is 72.4 cm³/mol. The van der Waals surface area contributed by atoms with E-state index in [2.05, 4.69) is 25.2 Å². The van der Waals surface area contributed by atoms with Gasteiger partial charge in [-0.25, -0.2) is 0 Å². The van der Waals surface area contributed by atoms with E-state index in [1.165, 1.54) is 69.8 Å². The SMILES string of the molecule is CCCCCCCCCCCC1=[C]CC=C1. The second kappa shape index (κ2) is 9.69. The van der Waals surface area contributed by atoms with Gasteiger partial charge in [-0.05, 0) is 30.9 Å². The Morgan fingerprint density at radius 1 is 0.938 bits per heavy atom. The van der Waals surface area contributed by atoms with Crippen LogP contribution in [0.25, 0.3) is 0 Å². The van der Waals surface area contributed by atoms with Crippen LogP contribution >= 0.6 is 0 Å². The lowest BCUT2D eigenvalue weighted by molar-refractivity contribution is 0.565. The van der Waals surface area contributed by atoms with Crippen molar-refractivity contribution in [1.82, 2.24) is 0 Å². The summed E-state index contributed by atoms with van der Waals surface area (Å²) in [7, 11) is 0. The zero-order valence-electron chi connectivity index (χ0n) is 10.9. The van der Waals surface area contributed by atoms with Crippen LogP contribution in [-0.2, 0) is 0 Å². The zero-order valence-corrected chi connectivity index (χ0v) is 10.9. The van der Waals surface area contributed by atoms with Gasteiger partial charge in [0, 0.05) is 0 Å². The lowest BCUT2D eigenvalue weighted by atomic mass is 10.0. The van der Waals surface area contributed by atoms with E-state index < -0.39 is 0 Å². The third-order valence-electron chi connectivity index (χ3n) is 3.32. The molecule has 1 aliphatic rings. The molecular formula is C16H27. The van der Waals surface area contributed by atoms with Gasteiger partial charge in [-0.15, -0.1) is 0 Å². The molecule has 1 radical (unpaired) electrons. The molecule has 1 aliphatic carbocycles. The quantitative estimate of drug-likeness (QED) is 0.420. The molecule has 0 heterocycles. The fraction of sp³-hybridized carbons (Fsp3) is 0.750. The molecule has 0 heteroatoms. The minimum absolute atomic E-state index is 1.05. The Labute approximate surface area is 102 Å². The monoisotopic (exact) mass is 219 g/mol. The van der Waals surface area contributed by atoms with Crippen molar-refractivity contribution in [2.24, 2.45) is 0 Å². The topological polar surface area (TPSA) is 0 Å². The number of hydrogen-bond acceptors (Lipinski definition) is 0. The summed E-state index contributed by atoms with van der Waals surface area (Å²) in [4.78, 5) is 0. The maximum atomic E-state index is 3.39. The Balaban J connectivity index is 1.76. The molecule has 0 bridgehead atoms. The molecule has 0 nitrogen and oxygen atoms in total. The molecule has 0 N–H and O–H groups in total. The summed E-state index contributed by atoms with van der Waals surface area (Å²) in [6, 6.07) is 0. The highest BCUT2D eigenvalue weighted by Crippen LogP contribution is 2.17. The highest BCUT2D eigenvalue weighted by Gasteiger charge is 1.98. The Morgan fingerprint density at radius 3 is 2.12 bits per heavy atom. The molecule has 0 unspecified atom stereocenters. The summed E-state index contributed by atoms with van der Waals surface area (Å²) in [5, 5.41) is 0. The van der Waals surface area contributed by atoms with Crippen molar-refractivity contribution in [1.29, 1.82) is 0 Å². The molecule has 0 saturated heterocycles. The average molecular weight is 219 g/mol. The van der Waals surface area contributed by atoms with Crippen molar-refractivity contribution in [3.63, 3.8) is 0 Å². The molecule has 91 valence electrons. The summed E-state index contributed by atoms with van der Waals surface area (Å²) in [6.07, 6.45) is 22.9. The van der Waals surface area contributed by atoms with Gasteiger partial charge in [0.05, 0.1) is 0 Å². The molecule has 0 aromatic carbocycles. The normalized spacial score (nSPS) is 14.4. The fourth-order valence-corrected chi connectivity index (χ4v) is 2.25. The van der Waals surface area contributed by atoms with Gasteiger partial charge >= 0.3 is 0 Å². The van der Waals surface area contributed by atoms with Crippen molar-refractivity contribution in [2.45, 2.75) is 77.6 Å². The first-order valence-corrected chi connectivity index (χ1v) is 7.19. The van der Waals surface area contributed by atoms with E-state index in [0.717, 1.165) is 6.42 Å². The second-order valence-electron chi connectivity index (χ2n) is 4.89. The maximum Gasteiger partial charge on any atom is -0.00885 e. The van der Waals surface area contributed by atoms with Crippen molar-refractivity contribution in [3.05, 3.63) is 23.8 Å². The minimum atomic E-state index is 1.05. The summed E-state index contributed by atoms with van der Waals surface area (Å²) in [5.41, 5.74) is 1.45. The number of rotatable bonds is 10. The van der Waals surface area contributed by atoms with Gasteiger partial charge in [0.25, 0.3) is 0 Å². The second-order valence-corrected chi connectivity index (χ2v) is 4.89. The van der Waals surface area contributed by atoms with Gasteiger partial charge in [-0.2, -0.15) is 0 Å². The number of allylic oxidation sites excluding steroid dienone is 4. The average Bonchev–Trinajstić information content (AvgIpc) is 2.80. The predicted octanol–water partition coefficient (Wildman–Crippen LogP) is 5.60. The molecule has 0 amide bonds. The van der Waals surface area contributed by atoms with Gasteiger partial charge in [0.2, 0.25) is 0 Å². The summed E-state index contributed by atoms with van der Waals surface area (Å²) < 4.78 is 0. The van der Waals surface area contributed by atoms with E-state index in [9.17, 15) is 0 Å². The molecule has 0 spiro atoms. The minimum Gasteiger partial charge on any atom is -0.0798 e. The van der Waals surface area contributed by atoms with Crippen molar-refractivity contribution in [2.75, 3.05) is 0 Å². The third kappa shape index (κ3) is 6.87. The van der Waals surface area contributed by atoms with Gasteiger partial charge in [0.1, 0.15) is 0 Å². The van der Waals surface area contributed by atoms with E-state index in [-0.39, 0.29) is 0 Å². The van der Waals surface area contributed by atoms with Crippen LogP contribution < -0.4 is 0 Å². The van der Waals surface area contributed by atoms with Crippen molar-refractivity contribution < 1.29 is 0 Å². The van der Waals surface area contributed by atoms with Crippen LogP contribution in [0.4, 0.5) is 0 Å². The van der Waals surface area contributed by atoms with Crippen LogP contribution in [0.2, 0.25) is 0 Å². The maximum absolute atomic E-state index is 3.39. The highest BCUT2D eigenvalue weighted by molar-refractivity contribution is 5.21. The largest absolute Gasteiger partial charge is 0.0798 e. The first kappa shape index (κ1) is 13.5. The van der Waals surface area contributed by atoms with E-state index in [0.29, 0.717) is 0 Å². The van der Waals surface area contributed by atoms with Gasteiger partial charge in [-0.1, -0.05) is 70.4 Å². The molecule has 0 aromatic rings. The molecule has 1 rings (SSSR count). The van der Waals surface area contributed by atoms with Crippen LogP contribution in [0.5, 0.6) is 0 Å². The number of hydrogen-bond donors (Lipinski definition) is 0. The van der Waals surface area contributed by atoms with E-state index >= 15 is 0 Å². The van der Waals surface area contributed by atoms with Crippen LogP contribution in [0.3, 0.4) is 0 Å². The molecule has 16 heavy (non-hydrogen) atoms. The highest BCUT2D eigenvalue weighted by atomic mass is 14.0. The lowest BCUT2D eigenvalue weighted by Gasteiger charge is -2.02. The van der Waals surface area contributed by atoms with E-state index in [1.54, 1.807) is 0 Å². The first-order valence-electron chi connectivity index (χ1n) is 7.19. The van der Waals surface area contributed by atoms with Gasteiger partial charge in [0.15, 0.2) is 0 Å². The van der Waals surface area contributed by atoms with Gasteiger partial charge < -0.3 is 0 Å². The van der Waals surface area contributed by atoms with Gasteiger partial charge in [-0.3, -0.25) is 0 Å². The molecule has 0 aliphatic heterocycles. The van der Waals surface area contributed by atoms with Crippen LogP contribution in [0.15, 0.2) is 17.7 Å². The van der Waals surface area contributed by atoms with E-state index in [4.69, 9.17) is 0 Å². The summed E-state index contributed by atoms with van der Waals surface area (Å²) >= 11 is 0. The third-order valence-corrected chi connectivity index (χ3v) is 3.32. The number of unbranched alkanes of at least 4 members (excludes halogenated alkanes) is 8. The summed E-state index contributed by atoms with van der Waals surface area (Å²) in [5.74, 6) is 0. The molecule has 0 saturated carbocycles. The molecule has 0 atom stereocenters. The Morgan fingerprint density at radius 2 is 1.56 bits per heavy atom. The summed E-state index contributed by atoms with van der Waals surface area (Å²) in [6.45, 7) is 2.28. The van der Waals surface area contributed by atoms with Crippen LogP contribution in [-0.4, -0.2) is 0 Å². The fourth-order valence-electron chi connectivity index (χ4n) is 2.25. The van der Waals surface area contributed by atoms with Crippen LogP contribution in [0.1, 0.15) is 77.6 Å². The smallest absolute Gasteiger partial charge is 0.00885 e. The Kier molecular flexibility index (Phi) is 8.20. The Bertz CT molecular complexity index is 210. The standard InChI is InChI=1S/C16H27/c1-2-3-4-5-6-7-8-9-10-13-16-14-11-12-15-16/h11,14H,2-10,12-13H2,1H3. The van der Waals surface area contributed by atoms with Crippen molar-refractivity contribution >= 4 is 0 Å². The Hall–Kier alpha value is -0.520. The van der Waals surface area contributed by atoms with Crippen LogP contribution in [0, 0.1) is 6.08 Å². The first-order chi connectivity index (χ1) is 7.93. The molecular weight excluding hydrogens is 192 g/mol.